The summed E-state index contributed by atoms with van der Waals surface area (Å²) in [6.07, 6.45) is 6.78. The zero-order valence-electron chi connectivity index (χ0n) is 15.7. The Kier molecular flexibility index (Phi) is 4.68. The van der Waals surface area contributed by atoms with Crippen LogP contribution in [0.3, 0.4) is 0 Å². The number of anilines is 1. The average Bonchev–Trinajstić information content (AvgIpc) is 2.71. The van der Waals surface area contributed by atoms with Crippen molar-refractivity contribution in [3.63, 3.8) is 0 Å². The molecule has 2 aliphatic heterocycles. The van der Waals surface area contributed by atoms with E-state index in [1.807, 2.05) is 53.1 Å². The Morgan fingerprint density at radius 3 is 2.48 bits per heavy atom. The number of aromatic nitrogens is 1. The van der Waals surface area contributed by atoms with Crippen LogP contribution in [-0.4, -0.2) is 41.3 Å². The molecule has 27 heavy (non-hydrogen) atoms. The molecule has 0 aliphatic carbocycles. The predicted molar refractivity (Wildman–Crippen MR) is 105 cm³/mol. The molecule has 2 saturated heterocycles. The summed E-state index contributed by atoms with van der Waals surface area (Å²) < 4.78 is 0. The fourth-order valence-electron chi connectivity index (χ4n) is 4.38. The maximum Gasteiger partial charge on any atom is 0.255 e. The van der Waals surface area contributed by atoms with Gasteiger partial charge in [-0.25, -0.2) is 0 Å². The minimum Gasteiger partial charge on any atom is -0.339 e. The van der Waals surface area contributed by atoms with Gasteiger partial charge in [0, 0.05) is 37.7 Å². The summed E-state index contributed by atoms with van der Waals surface area (Å²) in [5, 5.41) is 0. The zero-order valence-corrected chi connectivity index (χ0v) is 15.7. The number of benzene rings is 1. The third kappa shape index (κ3) is 3.34. The molecule has 2 aliphatic rings. The summed E-state index contributed by atoms with van der Waals surface area (Å²) in [6.45, 7) is 3.97. The molecule has 5 nitrogen and oxygen atoms in total. The van der Waals surface area contributed by atoms with E-state index in [4.69, 9.17) is 0 Å². The van der Waals surface area contributed by atoms with E-state index in [1.165, 1.54) is 0 Å². The van der Waals surface area contributed by atoms with Crippen LogP contribution in [0.2, 0.25) is 0 Å². The van der Waals surface area contributed by atoms with Crippen molar-refractivity contribution in [3.05, 3.63) is 59.9 Å². The number of rotatable bonds is 2. The Balaban J connectivity index is 1.47. The molecule has 0 radical (unpaired) electrons. The van der Waals surface area contributed by atoms with E-state index in [9.17, 15) is 9.59 Å². The molecular formula is C22H25N3O2. The third-order valence-electron chi connectivity index (χ3n) is 5.93. The van der Waals surface area contributed by atoms with Crippen molar-refractivity contribution in [2.45, 2.75) is 32.6 Å². The fourth-order valence-corrected chi connectivity index (χ4v) is 4.38. The first-order valence-electron chi connectivity index (χ1n) is 9.67. The SMILES string of the molecule is Cc1cncc(C(=O)N2CCC3(CCCN(c4ccccc4)C3=O)CC2)c1. The van der Waals surface area contributed by atoms with Crippen molar-refractivity contribution >= 4 is 17.5 Å². The van der Waals surface area contributed by atoms with Gasteiger partial charge in [0.05, 0.1) is 11.0 Å². The zero-order chi connectivity index (χ0) is 18.9. The van der Waals surface area contributed by atoms with Crippen LogP contribution in [0.4, 0.5) is 5.69 Å². The van der Waals surface area contributed by atoms with E-state index in [-0.39, 0.29) is 17.2 Å². The van der Waals surface area contributed by atoms with E-state index in [0.29, 0.717) is 18.7 Å². The molecule has 1 aromatic heterocycles. The molecule has 0 N–H and O–H groups in total. The van der Waals surface area contributed by atoms with Crippen molar-refractivity contribution in [2.24, 2.45) is 5.41 Å². The quantitative estimate of drug-likeness (QED) is 0.821. The standard InChI is InChI=1S/C22H25N3O2/c1-17-14-18(16-23-15-17)20(26)24-12-9-22(10-13-24)8-5-11-25(21(22)27)19-6-3-2-4-7-19/h2-4,6-7,14-16H,5,8-13H2,1H3. The number of likely N-dealkylation sites (tertiary alicyclic amines) is 1. The molecule has 4 rings (SSSR count). The predicted octanol–water partition coefficient (Wildman–Crippen LogP) is 3.44. The van der Waals surface area contributed by atoms with Crippen LogP contribution in [-0.2, 0) is 4.79 Å². The molecule has 2 amide bonds. The molecule has 3 heterocycles. The smallest absolute Gasteiger partial charge is 0.255 e. The third-order valence-corrected chi connectivity index (χ3v) is 5.93. The van der Waals surface area contributed by atoms with Gasteiger partial charge in [-0.15, -0.1) is 0 Å². The molecule has 140 valence electrons. The molecule has 0 bridgehead atoms. The number of pyridine rings is 1. The van der Waals surface area contributed by atoms with Gasteiger partial charge in [-0.05, 0) is 56.4 Å². The summed E-state index contributed by atoms with van der Waals surface area (Å²) in [5.41, 5.74) is 2.27. The highest BCUT2D eigenvalue weighted by molar-refractivity contribution is 5.99. The maximum atomic E-state index is 13.3. The number of hydrogen-bond donors (Lipinski definition) is 0. The normalized spacial score (nSPS) is 19.4. The Hall–Kier alpha value is -2.69. The lowest BCUT2D eigenvalue weighted by molar-refractivity contribution is -0.133. The monoisotopic (exact) mass is 363 g/mol. The largest absolute Gasteiger partial charge is 0.339 e. The second-order valence-corrected chi connectivity index (χ2v) is 7.72. The lowest BCUT2D eigenvalue weighted by Crippen LogP contribution is -2.54. The van der Waals surface area contributed by atoms with Gasteiger partial charge >= 0.3 is 0 Å². The van der Waals surface area contributed by atoms with Gasteiger partial charge in [-0.1, -0.05) is 18.2 Å². The number of nitrogens with zero attached hydrogens (tertiary/aromatic N) is 3. The Labute approximate surface area is 160 Å². The van der Waals surface area contributed by atoms with E-state index >= 15 is 0 Å². The average molecular weight is 363 g/mol. The molecule has 2 fully saturated rings. The lowest BCUT2D eigenvalue weighted by atomic mass is 9.71. The summed E-state index contributed by atoms with van der Waals surface area (Å²) >= 11 is 0. The van der Waals surface area contributed by atoms with Crippen LogP contribution in [0.1, 0.15) is 41.6 Å². The second kappa shape index (κ2) is 7.14. The van der Waals surface area contributed by atoms with Gasteiger partial charge in [0.2, 0.25) is 5.91 Å². The van der Waals surface area contributed by atoms with Crippen LogP contribution < -0.4 is 4.90 Å². The molecule has 0 saturated carbocycles. The Morgan fingerprint density at radius 1 is 1.04 bits per heavy atom. The second-order valence-electron chi connectivity index (χ2n) is 7.72. The fraction of sp³-hybridized carbons (Fsp3) is 0.409. The molecule has 0 unspecified atom stereocenters. The van der Waals surface area contributed by atoms with Gasteiger partial charge in [-0.3, -0.25) is 14.6 Å². The van der Waals surface area contributed by atoms with Crippen molar-refractivity contribution in [1.82, 2.24) is 9.88 Å². The number of amides is 2. The molecule has 2 aromatic rings. The topological polar surface area (TPSA) is 53.5 Å². The van der Waals surface area contributed by atoms with Gasteiger partial charge in [0.25, 0.3) is 5.91 Å². The van der Waals surface area contributed by atoms with Gasteiger partial charge in [0.15, 0.2) is 0 Å². The summed E-state index contributed by atoms with van der Waals surface area (Å²) in [6, 6.07) is 11.8. The number of carbonyl (C=O) groups excluding carboxylic acids is 2. The van der Waals surface area contributed by atoms with Crippen LogP contribution in [0.5, 0.6) is 0 Å². The summed E-state index contributed by atoms with van der Waals surface area (Å²) in [5.74, 6) is 0.244. The van der Waals surface area contributed by atoms with Gasteiger partial charge in [-0.2, -0.15) is 0 Å². The molecule has 5 heteroatoms. The minimum absolute atomic E-state index is 0.0178. The van der Waals surface area contributed by atoms with E-state index < -0.39 is 0 Å². The van der Waals surface area contributed by atoms with E-state index in [1.54, 1.807) is 12.4 Å². The number of hydrogen-bond acceptors (Lipinski definition) is 3. The van der Waals surface area contributed by atoms with Crippen molar-refractivity contribution in [3.8, 4) is 0 Å². The summed E-state index contributed by atoms with van der Waals surface area (Å²) in [7, 11) is 0. The number of aryl methyl sites for hydroxylation is 1. The first kappa shape index (κ1) is 17.7. The molecule has 1 aromatic carbocycles. The van der Waals surface area contributed by atoms with Crippen molar-refractivity contribution in [1.29, 1.82) is 0 Å². The van der Waals surface area contributed by atoms with Crippen LogP contribution in [0.25, 0.3) is 0 Å². The maximum absolute atomic E-state index is 13.3. The Bertz CT molecular complexity index is 842. The minimum atomic E-state index is -0.324. The number of carbonyl (C=O) groups is 2. The Morgan fingerprint density at radius 2 is 1.78 bits per heavy atom. The molecule has 0 atom stereocenters. The highest BCUT2D eigenvalue weighted by atomic mass is 16.2. The highest BCUT2D eigenvalue weighted by Crippen LogP contribution is 2.42. The lowest BCUT2D eigenvalue weighted by Gasteiger charge is -2.46. The first-order chi connectivity index (χ1) is 13.1. The summed E-state index contributed by atoms with van der Waals surface area (Å²) in [4.78, 5) is 34.0. The first-order valence-corrected chi connectivity index (χ1v) is 9.67. The number of para-hydroxylation sites is 1. The van der Waals surface area contributed by atoms with Crippen LogP contribution in [0.15, 0.2) is 48.8 Å². The van der Waals surface area contributed by atoms with Crippen LogP contribution >= 0.6 is 0 Å². The number of piperidine rings is 2. The molecule has 1 spiro atoms. The van der Waals surface area contributed by atoms with Crippen molar-refractivity contribution in [2.75, 3.05) is 24.5 Å². The molecular weight excluding hydrogens is 338 g/mol. The van der Waals surface area contributed by atoms with E-state index in [0.717, 1.165) is 43.5 Å². The van der Waals surface area contributed by atoms with E-state index in [2.05, 4.69) is 4.98 Å². The van der Waals surface area contributed by atoms with Gasteiger partial charge in [0.1, 0.15) is 0 Å². The van der Waals surface area contributed by atoms with Crippen LogP contribution in [0, 0.1) is 12.3 Å². The van der Waals surface area contributed by atoms with Gasteiger partial charge < -0.3 is 9.80 Å². The highest BCUT2D eigenvalue weighted by Gasteiger charge is 2.46. The van der Waals surface area contributed by atoms with Crippen molar-refractivity contribution < 1.29 is 9.59 Å².